The average molecular weight is 293 g/mol. The Morgan fingerprint density at radius 1 is 1.47 bits per heavy atom. The normalized spacial score (nSPS) is 22.6. The average Bonchev–Trinajstić information content (AvgIpc) is 2.50. The van der Waals surface area contributed by atoms with E-state index in [9.17, 15) is 4.79 Å². The summed E-state index contributed by atoms with van der Waals surface area (Å²) in [5, 5.41) is 9.11. The molecule has 4 heteroatoms. The summed E-state index contributed by atoms with van der Waals surface area (Å²) >= 11 is 3.45. The molecule has 1 amide bonds. The second kappa shape index (κ2) is 4.15. The molecule has 1 aliphatic rings. The summed E-state index contributed by atoms with van der Waals surface area (Å²) in [6, 6.07) is 9.82. The largest absolute Gasteiger partial charge is 0.304 e. The van der Waals surface area contributed by atoms with Crippen molar-refractivity contribution < 1.29 is 4.79 Å². The lowest BCUT2D eigenvalue weighted by atomic mass is 9.89. The highest BCUT2D eigenvalue weighted by Gasteiger charge is 2.47. The minimum atomic E-state index is -0.463. The molecular weight excluding hydrogens is 280 g/mol. The van der Waals surface area contributed by atoms with Gasteiger partial charge in [0.25, 0.3) is 0 Å². The van der Waals surface area contributed by atoms with Gasteiger partial charge < -0.3 is 4.90 Å². The summed E-state index contributed by atoms with van der Waals surface area (Å²) in [6.07, 6.45) is 0.296. The van der Waals surface area contributed by atoms with Gasteiger partial charge in [0.1, 0.15) is 0 Å². The molecule has 2 rings (SSSR count). The van der Waals surface area contributed by atoms with Crippen molar-refractivity contribution in [3.63, 3.8) is 0 Å². The number of benzene rings is 1. The topological polar surface area (TPSA) is 44.1 Å². The lowest BCUT2D eigenvalue weighted by Gasteiger charge is -2.34. The Balaban J connectivity index is 2.50. The van der Waals surface area contributed by atoms with Crippen molar-refractivity contribution in [3.05, 3.63) is 28.7 Å². The maximum atomic E-state index is 12.1. The summed E-state index contributed by atoms with van der Waals surface area (Å²) in [5.74, 6) is -0.254. The maximum absolute atomic E-state index is 12.1. The Morgan fingerprint density at radius 3 is 2.65 bits per heavy atom. The van der Waals surface area contributed by atoms with Crippen LogP contribution >= 0.6 is 15.9 Å². The number of anilines is 1. The number of nitrogens with zero attached hydrogens (tertiary/aromatic N) is 2. The molecular formula is C13H13BrN2O. The standard InChI is InChI=1S/C13H13BrN2O/c1-13(2)9(8-15)7-12(17)16(13)11-6-4-3-5-10(11)14/h3-6,9H,7H2,1-2H3. The summed E-state index contributed by atoms with van der Waals surface area (Å²) in [4.78, 5) is 13.8. The number of halogens is 1. The fourth-order valence-corrected chi connectivity index (χ4v) is 2.74. The Kier molecular flexibility index (Phi) is 2.96. The van der Waals surface area contributed by atoms with Crippen molar-refractivity contribution in [1.29, 1.82) is 5.26 Å². The smallest absolute Gasteiger partial charge is 0.228 e. The van der Waals surface area contributed by atoms with E-state index in [1.807, 2.05) is 38.1 Å². The first-order valence-corrected chi connectivity index (χ1v) is 6.25. The van der Waals surface area contributed by atoms with E-state index in [0.717, 1.165) is 10.2 Å². The van der Waals surface area contributed by atoms with Crippen LogP contribution in [0.15, 0.2) is 28.7 Å². The number of para-hydroxylation sites is 1. The number of rotatable bonds is 1. The molecule has 88 valence electrons. The lowest BCUT2D eigenvalue weighted by molar-refractivity contribution is -0.117. The molecule has 1 saturated heterocycles. The van der Waals surface area contributed by atoms with Crippen molar-refractivity contribution in [2.45, 2.75) is 25.8 Å². The number of nitriles is 1. The SMILES string of the molecule is CC1(C)C(C#N)CC(=O)N1c1ccccc1Br. The highest BCUT2D eigenvalue weighted by atomic mass is 79.9. The molecule has 0 aromatic heterocycles. The van der Waals surface area contributed by atoms with E-state index in [1.165, 1.54) is 0 Å². The quantitative estimate of drug-likeness (QED) is 0.798. The fraction of sp³-hybridized carbons (Fsp3) is 0.385. The number of hydrogen-bond donors (Lipinski definition) is 0. The van der Waals surface area contributed by atoms with Crippen LogP contribution in [-0.2, 0) is 4.79 Å². The molecule has 0 saturated carbocycles. The molecule has 0 spiro atoms. The van der Waals surface area contributed by atoms with E-state index in [2.05, 4.69) is 22.0 Å². The Bertz CT molecular complexity index is 504. The van der Waals surface area contributed by atoms with Crippen LogP contribution in [0.5, 0.6) is 0 Å². The second-order valence-electron chi connectivity index (χ2n) is 4.72. The second-order valence-corrected chi connectivity index (χ2v) is 5.57. The molecule has 0 bridgehead atoms. The van der Waals surface area contributed by atoms with Crippen molar-refractivity contribution in [1.82, 2.24) is 0 Å². The van der Waals surface area contributed by atoms with Crippen molar-refractivity contribution in [2.24, 2.45) is 5.92 Å². The predicted octanol–water partition coefficient (Wildman–Crippen LogP) is 3.10. The molecule has 3 nitrogen and oxygen atoms in total. The third-order valence-corrected chi connectivity index (χ3v) is 3.98. The van der Waals surface area contributed by atoms with E-state index < -0.39 is 5.54 Å². The summed E-state index contributed by atoms with van der Waals surface area (Å²) in [5.41, 5.74) is 0.371. The molecule has 1 aliphatic heterocycles. The number of carbonyl (C=O) groups is 1. The molecule has 0 aliphatic carbocycles. The van der Waals surface area contributed by atoms with Gasteiger partial charge in [0.15, 0.2) is 0 Å². The van der Waals surface area contributed by atoms with Crippen LogP contribution in [-0.4, -0.2) is 11.4 Å². The van der Waals surface area contributed by atoms with Gasteiger partial charge in [-0.1, -0.05) is 12.1 Å². The first kappa shape index (κ1) is 12.1. The fourth-order valence-electron chi connectivity index (χ4n) is 2.27. The van der Waals surface area contributed by atoms with Gasteiger partial charge >= 0.3 is 0 Å². The van der Waals surface area contributed by atoms with Gasteiger partial charge in [0.2, 0.25) is 5.91 Å². The molecule has 1 heterocycles. The van der Waals surface area contributed by atoms with Crippen molar-refractivity contribution in [2.75, 3.05) is 4.90 Å². The molecule has 1 aromatic carbocycles. The van der Waals surface area contributed by atoms with E-state index in [4.69, 9.17) is 5.26 Å². The van der Waals surface area contributed by atoms with Crippen molar-refractivity contribution in [3.8, 4) is 6.07 Å². The summed E-state index contributed by atoms with van der Waals surface area (Å²) in [7, 11) is 0. The van der Waals surface area contributed by atoms with Gasteiger partial charge in [-0.2, -0.15) is 5.26 Å². The van der Waals surface area contributed by atoms with Gasteiger partial charge in [-0.25, -0.2) is 0 Å². The minimum absolute atomic E-state index is 0.00782. The zero-order chi connectivity index (χ0) is 12.6. The third-order valence-electron chi connectivity index (χ3n) is 3.31. The Morgan fingerprint density at radius 2 is 2.12 bits per heavy atom. The van der Waals surface area contributed by atoms with Crippen LogP contribution in [0, 0.1) is 17.2 Å². The van der Waals surface area contributed by atoms with Crippen molar-refractivity contribution >= 4 is 27.5 Å². The Hall–Kier alpha value is -1.34. The highest BCUT2D eigenvalue weighted by molar-refractivity contribution is 9.10. The number of hydrogen-bond acceptors (Lipinski definition) is 2. The van der Waals surface area contributed by atoms with Crippen LogP contribution in [0.2, 0.25) is 0 Å². The van der Waals surface area contributed by atoms with Gasteiger partial charge in [-0.05, 0) is 41.9 Å². The molecule has 17 heavy (non-hydrogen) atoms. The van der Waals surface area contributed by atoms with Crippen LogP contribution < -0.4 is 4.90 Å². The highest BCUT2D eigenvalue weighted by Crippen LogP contribution is 2.41. The predicted molar refractivity (Wildman–Crippen MR) is 69.4 cm³/mol. The van der Waals surface area contributed by atoms with E-state index in [-0.39, 0.29) is 11.8 Å². The van der Waals surface area contributed by atoms with Crippen LogP contribution in [0.3, 0.4) is 0 Å². The zero-order valence-electron chi connectivity index (χ0n) is 9.77. The van der Waals surface area contributed by atoms with Gasteiger partial charge in [-0.3, -0.25) is 4.79 Å². The van der Waals surface area contributed by atoms with Gasteiger partial charge in [0.05, 0.1) is 23.2 Å². The summed E-state index contributed by atoms with van der Waals surface area (Å²) < 4.78 is 0.875. The molecule has 1 aromatic rings. The summed E-state index contributed by atoms with van der Waals surface area (Å²) in [6.45, 7) is 3.87. The molecule has 1 fully saturated rings. The minimum Gasteiger partial charge on any atom is -0.304 e. The first-order valence-electron chi connectivity index (χ1n) is 5.45. The van der Waals surface area contributed by atoms with E-state index in [1.54, 1.807) is 4.90 Å². The molecule has 0 N–H and O–H groups in total. The number of amides is 1. The molecule has 1 unspecified atom stereocenters. The lowest BCUT2D eigenvalue weighted by Crippen LogP contribution is -2.44. The van der Waals surface area contributed by atoms with Crippen LogP contribution in [0.4, 0.5) is 5.69 Å². The first-order chi connectivity index (χ1) is 7.98. The van der Waals surface area contributed by atoms with Crippen LogP contribution in [0.25, 0.3) is 0 Å². The van der Waals surface area contributed by atoms with Gasteiger partial charge in [-0.15, -0.1) is 0 Å². The third kappa shape index (κ3) is 1.85. The van der Waals surface area contributed by atoms with Crippen LogP contribution in [0.1, 0.15) is 20.3 Å². The maximum Gasteiger partial charge on any atom is 0.228 e. The zero-order valence-corrected chi connectivity index (χ0v) is 11.4. The molecule has 1 atom stereocenters. The van der Waals surface area contributed by atoms with E-state index in [0.29, 0.717) is 6.42 Å². The van der Waals surface area contributed by atoms with E-state index >= 15 is 0 Å². The Labute approximate surface area is 109 Å². The number of carbonyl (C=O) groups excluding carboxylic acids is 1. The molecule has 0 radical (unpaired) electrons. The monoisotopic (exact) mass is 292 g/mol. The van der Waals surface area contributed by atoms with Gasteiger partial charge in [0, 0.05) is 10.9 Å².